The van der Waals surface area contributed by atoms with E-state index in [2.05, 4.69) is 10.0 Å². The Morgan fingerprint density at radius 2 is 1.87 bits per heavy atom. The van der Waals surface area contributed by atoms with Crippen molar-refractivity contribution in [2.24, 2.45) is 0 Å². The molecule has 1 saturated carbocycles. The summed E-state index contributed by atoms with van der Waals surface area (Å²) in [6, 6.07) is 5.67. The van der Waals surface area contributed by atoms with Gasteiger partial charge in [0, 0.05) is 4.75 Å². The first-order chi connectivity index (χ1) is 14.3. The van der Waals surface area contributed by atoms with Crippen molar-refractivity contribution in [1.29, 1.82) is 0 Å². The third-order valence-corrected chi connectivity index (χ3v) is 6.51. The topological polar surface area (TPSA) is 64.5 Å². The van der Waals surface area contributed by atoms with E-state index in [0.29, 0.717) is 24.1 Å². The molecular formula is C22H27F3N2O2S. The zero-order chi connectivity index (χ0) is 21.9. The fraction of sp³-hybridized carbons (Fsp3) is 0.455. The molecule has 0 radical (unpaired) electrons. The Bertz CT molecular complexity index is 906. The molecule has 4 nitrogen and oxygen atoms in total. The van der Waals surface area contributed by atoms with Crippen LogP contribution in [0.3, 0.4) is 0 Å². The first-order valence-corrected chi connectivity index (χ1v) is 10.9. The maximum Gasteiger partial charge on any atom is 0.184 e. The molecule has 0 bridgehead atoms. The number of anilines is 3. The third kappa shape index (κ3) is 5.22. The molecule has 30 heavy (non-hydrogen) atoms. The maximum atomic E-state index is 14.8. The molecule has 0 heterocycles. The van der Waals surface area contributed by atoms with Crippen LogP contribution >= 0.6 is 11.9 Å². The van der Waals surface area contributed by atoms with Crippen LogP contribution in [-0.4, -0.2) is 27.7 Å². The number of benzene rings is 2. The van der Waals surface area contributed by atoms with Gasteiger partial charge < -0.3 is 20.3 Å². The van der Waals surface area contributed by atoms with E-state index in [-0.39, 0.29) is 22.7 Å². The first-order valence-electron chi connectivity index (χ1n) is 10.1. The molecule has 1 aliphatic carbocycles. The van der Waals surface area contributed by atoms with Gasteiger partial charge in [-0.25, -0.2) is 13.2 Å². The summed E-state index contributed by atoms with van der Waals surface area (Å²) in [5.74, 6) is -2.64. The largest absolute Gasteiger partial charge is 0.394 e. The molecule has 3 rings (SSSR count). The number of nitrogens with one attached hydrogen (secondary N) is 2. The lowest BCUT2D eigenvalue weighted by Crippen LogP contribution is -2.21. The van der Waals surface area contributed by atoms with Crippen molar-refractivity contribution in [2.45, 2.75) is 56.8 Å². The van der Waals surface area contributed by atoms with Crippen LogP contribution in [-0.2, 0) is 6.42 Å². The van der Waals surface area contributed by atoms with Crippen molar-refractivity contribution in [3.63, 3.8) is 0 Å². The summed E-state index contributed by atoms with van der Waals surface area (Å²) in [4.78, 5) is 0. The SMILES string of the molecule is CCCc1cc(F)c(F)c(Nc2ccc(C)cc2F)c1NSC1(CC(O)CO)CC1. The summed E-state index contributed by atoms with van der Waals surface area (Å²) in [5.41, 5.74) is 1.57. The van der Waals surface area contributed by atoms with Crippen LogP contribution in [0.5, 0.6) is 0 Å². The van der Waals surface area contributed by atoms with E-state index in [9.17, 15) is 18.3 Å². The monoisotopic (exact) mass is 440 g/mol. The Hall–Kier alpha value is -1.90. The van der Waals surface area contributed by atoms with Gasteiger partial charge in [-0.3, -0.25) is 0 Å². The second kappa shape index (κ2) is 9.49. The summed E-state index contributed by atoms with van der Waals surface area (Å²) in [6.07, 6.45) is 2.46. The van der Waals surface area contributed by atoms with Crippen molar-refractivity contribution in [1.82, 2.24) is 0 Å². The highest BCUT2D eigenvalue weighted by Crippen LogP contribution is 2.52. The molecule has 1 aliphatic rings. The molecule has 0 saturated heterocycles. The van der Waals surface area contributed by atoms with Gasteiger partial charge in [0.1, 0.15) is 11.5 Å². The average molecular weight is 441 g/mol. The molecule has 8 heteroatoms. The van der Waals surface area contributed by atoms with Gasteiger partial charge in [0.05, 0.1) is 24.1 Å². The van der Waals surface area contributed by atoms with Gasteiger partial charge in [-0.15, -0.1) is 0 Å². The first kappa shape index (κ1) is 22.8. The summed E-state index contributed by atoms with van der Waals surface area (Å²) < 4.78 is 46.3. The van der Waals surface area contributed by atoms with Gasteiger partial charge >= 0.3 is 0 Å². The van der Waals surface area contributed by atoms with Crippen LogP contribution in [0.1, 0.15) is 43.7 Å². The predicted octanol–water partition coefficient (Wildman–Crippen LogP) is 5.44. The summed E-state index contributed by atoms with van der Waals surface area (Å²) in [7, 11) is 0. The van der Waals surface area contributed by atoms with Crippen LogP contribution in [0.2, 0.25) is 0 Å². The Balaban J connectivity index is 1.94. The Morgan fingerprint density at radius 1 is 1.13 bits per heavy atom. The Morgan fingerprint density at radius 3 is 2.47 bits per heavy atom. The molecule has 4 N–H and O–H groups in total. The normalized spacial score (nSPS) is 15.7. The van der Waals surface area contributed by atoms with Crippen molar-refractivity contribution in [3.8, 4) is 0 Å². The average Bonchev–Trinajstić information content (AvgIpc) is 3.46. The molecule has 0 spiro atoms. The molecular weight excluding hydrogens is 413 g/mol. The third-order valence-electron chi connectivity index (χ3n) is 5.20. The second-order valence-electron chi connectivity index (χ2n) is 7.87. The van der Waals surface area contributed by atoms with E-state index >= 15 is 0 Å². The van der Waals surface area contributed by atoms with Crippen LogP contribution in [0, 0.1) is 24.4 Å². The number of rotatable bonds is 10. The minimum Gasteiger partial charge on any atom is -0.394 e. The molecule has 0 aromatic heterocycles. The van der Waals surface area contributed by atoms with Crippen LogP contribution < -0.4 is 10.0 Å². The lowest BCUT2D eigenvalue weighted by Gasteiger charge is -2.23. The van der Waals surface area contributed by atoms with E-state index < -0.39 is 23.6 Å². The molecule has 1 atom stereocenters. The Labute approximate surface area is 179 Å². The molecule has 2 aromatic carbocycles. The van der Waals surface area contributed by atoms with Crippen LogP contribution in [0.15, 0.2) is 24.3 Å². The number of hydrogen-bond acceptors (Lipinski definition) is 5. The molecule has 0 aliphatic heterocycles. The highest BCUT2D eigenvalue weighted by atomic mass is 32.2. The molecule has 2 aromatic rings. The summed E-state index contributed by atoms with van der Waals surface area (Å²) >= 11 is 1.33. The van der Waals surface area contributed by atoms with Gasteiger partial charge in [-0.2, -0.15) is 0 Å². The van der Waals surface area contributed by atoms with Crippen molar-refractivity contribution in [3.05, 3.63) is 52.8 Å². The van der Waals surface area contributed by atoms with E-state index in [1.54, 1.807) is 13.0 Å². The zero-order valence-electron chi connectivity index (χ0n) is 17.1. The van der Waals surface area contributed by atoms with Gasteiger partial charge in [0.2, 0.25) is 0 Å². The van der Waals surface area contributed by atoms with Gasteiger partial charge in [-0.05, 0) is 73.9 Å². The van der Waals surface area contributed by atoms with Gasteiger partial charge in [-0.1, -0.05) is 19.4 Å². The van der Waals surface area contributed by atoms with E-state index in [0.717, 1.165) is 24.8 Å². The summed E-state index contributed by atoms with van der Waals surface area (Å²) in [5, 5.41) is 21.7. The van der Waals surface area contributed by atoms with Crippen LogP contribution in [0.25, 0.3) is 0 Å². The van der Waals surface area contributed by atoms with Crippen molar-refractivity contribution < 1.29 is 23.4 Å². The summed E-state index contributed by atoms with van der Waals surface area (Å²) in [6.45, 7) is 3.35. The predicted molar refractivity (Wildman–Crippen MR) is 116 cm³/mol. The highest BCUT2D eigenvalue weighted by Gasteiger charge is 2.45. The number of aliphatic hydroxyl groups excluding tert-OH is 2. The van der Waals surface area contributed by atoms with Gasteiger partial charge in [0.25, 0.3) is 0 Å². The van der Waals surface area contributed by atoms with Crippen molar-refractivity contribution >= 4 is 29.0 Å². The lowest BCUT2D eigenvalue weighted by atomic mass is 10.1. The molecule has 0 amide bonds. The molecule has 1 unspecified atom stereocenters. The highest BCUT2D eigenvalue weighted by molar-refractivity contribution is 8.02. The number of aliphatic hydroxyl groups is 2. The second-order valence-corrected chi connectivity index (χ2v) is 9.14. The minimum atomic E-state index is -1.09. The molecule has 164 valence electrons. The minimum absolute atomic E-state index is 0.0532. The number of aryl methyl sites for hydroxylation is 2. The quantitative estimate of drug-likeness (QED) is 0.370. The molecule has 1 fully saturated rings. The van der Waals surface area contributed by atoms with E-state index in [1.165, 1.54) is 30.1 Å². The smallest absolute Gasteiger partial charge is 0.184 e. The fourth-order valence-electron chi connectivity index (χ4n) is 3.38. The number of hydrogen-bond donors (Lipinski definition) is 4. The number of halogens is 3. The lowest BCUT2D eigenvalue weighted by molar-refractivity contribution is 0.0865. The van der Waals surface area contributed by atoms with E-state index in [4.69, 9.17) is 5.11 Å². The Kier molecular flexibility index (Phi) is 7.21. The van der Waals surface area contributed by atoms with Crippen molar-refractivity contribution in [2.75, 3.05) is 16.6 Å². The van der Waals surface area contributed by atoms with Gasteiger partial charge in [0.15, 0.2) is 11.6 Å². The zero-order valence-corrected chi connectivity index (χ0v) is 17.9. The van der Waals surface area contributed by atoms with Crippen LogP contribution in [0.4, 0.5) is 30.2 Å². The van der Waals surface area contributed by atoms with E-state index in [1.807, 2.05) is 6.92 Å². The standard InChI is InChI=1S/C22H27F3N2O2S/c1-3-4-14-10-17(24)19(25)21(26-18-6-5-13(2)9-16(18)23)20(14)27-30-22(7-8-22)11-15(29)12-28/h5-6,9-10,15,26-29H,3-4,7-8,11-12H2,1-2H3. The fourth-order valence-corrected chi connectivity index (χ4v) is 4.51. The maximum absolute atomic E-state index is 14.8.